The van der Waals surface area contributed by atoms with Crippen LogP contribution in [0.5, 0.6) is 0 Å². The van der Waals surface area contributed by atoms with Crippen LogP contribution in [0.1, 0.15) is 16.8 Å². The van der Waals surface area contributed by atoms with Crippen LogP contribution in [-0.4, -0.2) is 9.55 Å². The fraction of sp³-hybridized carbons (Fsp3) is 0.250. The molecule has 0 radical (unpaired) electrons. The number of nitrogen functional groups attached to an aromatic ring is 1. The molecule has 0 saturated heterocycles. The number of aryl methyl sites for hydroxylation is 1. The molecule has 0 spiro atoms. The molecule has 2 rings (SSSR count). The highest BCUT2D eigenvalue weighted by Gasteiger charge is 2.32. The maximum atomic E-state index is 12.8. The lowest BCUT2D eigenvalue weighted by Crippen LogP contribution is -2.12. The Labute approximate surface area is 102 Å². The Morgan fingerprint density at radius 1 is 1.28 bits per heavy atom. The highest BCUT2D eigenvalue weighted by molar-refractivity contribution is 5.32. The summed E-state index contributed by atoms with van der Waals surface area (Å²) in [7, 11) is 0. The van der Waals surface area contributed by atoms with Crippen molar-refractivity contribution >= 4 is 5.95 Å². The van der Waals surface area contributed by atoms with Crippen LogP contribution < -0.4 is 5.73 Å². The van der Waals surface area contributed by atoms with E-state index in [1.807, 2.05) is 0 Å². The van der Waals surface area contributed by atoms with Crippen molar-refractivity contribution in [1.29, 1.82) is 0 Å². The van der Waals surface area contributed by atoms with Crippen molar-refractivity contribution in [2.24, 2.45) is 0 Å². The van der Waals surface area contributed by atoms with Gasteiger partial charge in [-0.3, -0.25) is 0 Å². The number of benzene rings is 1. The van der Waals surface area contributed by atoms with Crippen LogP contribution in [0, 0.1) is 6.92 Å². The Hall–Kier alpha value is -1.98. The maximum Gasteiger partial charge on any atom is 0.416 e. The van der Waals surface area contributed by atoms with Gasteiger partial charge in [-0.2, -0.15) is 13.2 Å². The van der Waals surface area contributed by atoms with Crippen LogP contribution in [-0.2, 0) is 12.7 Å². The largest absolute Gasteiger partial charge is 0.416 e. The average Bonchev–Trinajstić information content (AvgIpc) is 2.57. The third kappa shape index (κ3) is 2.47. The van der Waals surface area contributed by atoms with E-state index in [4.69, 9.17) is 5.73 Å². The van der Waals surface area contributed by atoms with Crippen molar-refractivity contribution < 1.29 is 13.2 Å². The number of halogens is 3. The van der Waals surface area contributed by atoms with Crippen molar-refractivity contribution in [3.05, 3.63) is 47.3 Å². The van der Waals surface area contributed by atoms with Gasteiger partial charge in [-0.25, -0.2) is 4.98 Å². The van der Waals surface area contributed by atoms with Crippen LogP contribution in [0.3, 0.4) is 0 Å². The number of aromatic nitrogens is 2. The summed E-state index contributed by atoms with van der Waals surface area (Å²) in [5.41, 5.74) is 5.83. The zero-order valence-corrected chi connectivity index (χ0v) is 9.70. The second-order valence-corrected chi connectivity index (χ2v) is 4.02. The lowest BCUT2D eigenvalue weighted by atomic mass is 10.1. The first-order valence-corrected chi connectivity index (χ1v) is 5.32. The molecule has 96 valence electrons. The van der Waals surface area contributed by atoms with Crippen molar-refractivity contribution in [3.8, 4) is 0 Å². The van der Waals surface area contributed by atoms with Gasteiger partial charge >= 0.3 is 6.18 Å². The molecule has 6 heteroatoms. The third-order valence-corrected chi connectivity index (χ3v) is 2.59. The lowest BCUT2D eigenvalue weighted by Gasteiger charge is -2.13. The topological polar surface area (TPSA) is 43.8 Å². The summed E-state index contributed by atoms with van der Waals surface area (Å²) in [6, 6.07) is 5.45. The summed E-state index contributed by atoms with van der Waals surface area (Å²) in [6.45, 7) is 1.80. The Bertz CT molecular complexity index is 558. The van der Waals surface area contributed by atoms with Crippen molar-refractivity contribution in [1.82, 2.24) is 9.55 Å². The number of rotatable bonds is 2. The highest BCUT2D eigenvalue weighted by atomic mass is 19.4. The van der Waals surface area contributed by atoms with Crippen molar-refractivity contribution in [3.63, 3.8) is 0 Å². The fourth-order valence-electron chi connectivity index (χ4n) is 1.81. The lowest BCUT2D eigenvalue weighted by molar-refractivity contribution is -0.138. The molecule has 18 heavy (non-hydrogen) atoms. The Morgan fingerprint density at radius 2 is 1.94 bits per heavy atom. The number of imidazole rings is 1. The minimum absolute atomic E-state index is 0.0579. The molecular weight excluding hydrogens is 243 g/mol. The summed E-state index contributed by atoms with van der Waals surface area (Å²) >= 11 is 0. The zero-order valence-electron chi connectivity index (χ0n) is 9.70. The number of hydrogen-bond donors (Lipinski definition) is 1. The molecule has 0 unspecified atom stereocenters. The number of nitrogens with two attached hydrogens (primary N) is 1. The minimum atomic E-state index is -4.36. The number of anilines is 1. The van der Waals surface area contributed by atoms with Crippen molar-refractivity contribution in [2.45, 2.75) is 19.6 Å². The molecule has 1 aromatic heterocycles. The van der Waals surface area contributed by atoms with Gasteiger partial charge < -0.3 is 10.3 Å². The summed E-state index contributed by atoms with van der Waals surface area (Å²) in [6.07, 6.45) is -2.73. The van der Waals surface area contributed by atoms with E-state index in [2.05, 4.69) is 4.98 Å². The van der Waals surface area contributed by atoms with E-state index in [1.54, 1.807) is 19.2 Å². The first kappa shape index (κ1) is 12.5. The van der Waals surface area contributed by atoms with E-state index >= 15 is 0 Å². The molecule has 2 N–H and O–H groups in total. The Kier molecular flexibility index (Phi) is 3.02. The molecule has 3 nitrogen and oxygen atoms in total. The van der Waals surface area contributed by atoms with Gasteiger partial charge in [0.15, 0.2) is 0 Å². The van der Waals surface area contributed by atoms with Crippen LogP contribution in [0.25, 0.3) is 0 Å². The molecule has 2 aromatic rings. The molecule has 0 fully saturated rings. The van der Waals surface area contributed by atoms with Gasteiger partial charge in [-0.05, 0) is 18.6 Å². The number of hydrogen-bond acceptors (Lipinski definition) is 2. The summed E-state index contributed by atoms with van der Waals surface area (Å²) in [4.78, 5) is 3.96. The molecule has 0 amide bonds. The third-order valence-electron chi connectivity index (χ3n) is 2.59. The summed E-state index contributed by atoms with van der Waals surface area (Å²) in [5, 5.41) is 0. The first-order chi connectivity index (χ1) is 8.38. The molecule has 1 aromatic carbocycles. The van der Waals surface area contributed by atoms with Gasteiger partial charge in [0.25, 0.3) is 0 Å². The van der Waals surface area contributed by atoms with Crippen LogP contribution >= 0.6 is 0 Å². The van der Waals surface area contributed by atoms with Gasteiger partial charge in [0.05, 0.1) is 17.8 Å². The second kappa shape index (κ2) is 4.36. The standard InChI is InChI=1S/C12H12F3N3/c1-8-6-18(11(16)17-8)7-9-4-2-3-5-10(9)12(13,14)15/h2-6H,7H2,1H3,(H2,16,17). The van der Waals surface area contributed by atoms with Gasteiger partial charge in [-0.15, -0.1) is 0 Å². The predicted molar refractivity (Wildman–Crippen MR) is 61.9 cm³/mol. The minimum Gasteiger partial charge on any atom is -0.369 e. The summed E-state index contributed by atoms with van der Waals surface area (Å²) in [5.74, 6) is 0.212. The van der Waals surface area contributed by atoms with Gasteiger partial charge in [0.2, 0.25) is 5.95 Å². The smallest absolute Gasteiger partial charge is 0.369 e. The van der Waals surface area contributed by atoms with Gasteiger partial charge in [0.1, 0.15) is 0 Å². The van der Waals surface area contributed by atoms with Crippen molar-refractivity contribution in [2.75, 3.05) is 5.73 Å². The monoisotopic (exact) mass is 255 g/mol. The van der Waals surface area contributed by atoms with E-state index in [0.29, 0.717) is 5.69 Å². The quantitative estimate of drug-likeness (QED) is 0.896. The number of nitrogens with zero attached hydrogens (tertiary/aromatic N) is 2. The van der Waals surface area contributed by atoms with Gasteiger partial charge in [-0.1, -0.05) is 18.2 Å². The Balaban J connectivity index is 2.38. The normalized spacial score (nSPS) is 11.8. The molecule has 0 atom stereocenters. The summed E-state index contributed by atoms with van der Waals surface area (Å²) < 4.78 is 39.9. The second-order valence-electron chi connectivity index (χ2n) is 4.02. The molecule has 0 aliphatic rings. The van der Waals surface area contributed by atoms with E-state index in [0.717, 1.165) is 6.07 Å². The van der Waals surface area contributed by atoms with Gasteiger partial charge in [0, 0.05) is 6.20 Å². The van der Waals surface area contributed by atoms with Crippen LogP contribution in [0.2, 0.25) is 0 Å². The highest BCUT2D eigenvalue weighted by Crippen LogP contribution is 2.32. The predicted octanol–water partition coefficient (Wildman–Crippen LogP) is 2.84. The van der Waals surface area contributed by atoms with E-state index < -0.39 is 11.7 Å². The van der Waals surface area contributed by atoms with Crippen LogP contribution in [0.4, 0.5) is 19.1 Å². The first-order valence-electron chi connectivity index (χ1n) is 5.32. The molecule has 0 aliphatic carbocycles. The van der Waals surface area contributed by atoms with E-state index in [9.17, 15) is 13.2 Å². The zero-order chi connectivity index (χ0) is 13.3. The maximum absolute atomic E-state index is 12.8. The van der Waals surface area contributed by atoms with E-state index in [1.165, 1.54) is 16.7 Å². The Morgan fingerprint density at radius 3 is 2.50 bits per heavy atom. The molecule has 0 aliphatic heterocycles. The number of alkyl halides is 3. The molecule has 1 heterocycles. The molecule has 0 saturated carbocycles. The van der Waals surface area contributed by atoms with E-state index in [-0.39, 0.29) is 18.1 Å². The SMILES string of the molecule is Cc1cn(Cc2ccccc2C(F)(F)F)c(N)n1. The molecular formula is C12H12F3N3. The average molecular weight is 255 g/mol. The fourth-order valence-corrected chi connectivity index (χ4v) is 1.81. The molecule has 0 bridgehead atoms. The van der Waals surface area contributed by atoms with Crippen LogP contribution in [0.15, 0.2) is 30.5 Å².